The summed E-state index contributed by atoms with van der Waals surface area (Å²) in [6.07, 6.45) is -3.70. The zero-order chi connectivity index (χ0) is 26.4. The maximum Gasteiger partial charge on any atom is 0.189 e. The Balaban J connectivity index is 1.54. The molecule has 4 aliphatic rings. The van der Waals surface area contributed by atoms with Crippen molar-refractivity contribution in [3.8, 4) is 0 Å². The van der Waals surface area contributed by atoms with Crippen LogP contribution in [-0.2, 0) is 19.0 Å². The van der Waals surface area contributed by atoms with Gasteiger partial charge in [0.05, 0.1) is 19.3 Å². The summed E-state index contributed by atoms with van der Waals surface area (Å²) in [6.45, 7) is 7.79. The lowest BCUT2D eigenvalue weighted by Crippen LogP contribution is -2.61. The summed E-state index contributed by atoms with van der Waals surface area (Å²) in [7, 11) is 0. The van der Waals surface area contributed by atoms with E-state index in [1.54, 1.807) is 6.08 Å². The molecule has 10 heteroatoms. The summed E-state index contributed by atoms with van der Waals surface area (Å²) < 4.78 is 16.5. The van der Waals surface area contributed by atoms with Crippen molar-refractivity contribution < 1.29 is 49.6 Å². The zero-order valence-electron chi connectivity index (χ0n) is 21.0. The van der Waals surface area contributed by atoms with Crippen molar-refractivity contribution >= 4 is 5.78 Å². The Labute approximate surface area is 211 Å². The van der Waals surface area contributed by atoms with Crippen LogP contribution in [0.5, 0.6) is 0 Å². The number of allylic oxidation sites excluding steroid dienone is 2. The van der Waals surface area contributed by atoms with Crippen LogP contribution in [0, 0.1) is 22.7 Å². The highest BCUT2D eigenvalue weighted by Gasteiger charge is 2.58. The molecule has 4 fully saturated rings. The predicted octanol–water partition coefficient (Wildman–Crippen LogP) is -0.213. The van der Waals surface area contributed by atoms with E-state index in [9.17, 15) is 35.4 Å². The molecule has 4 rings (SSSR count). The van der Waals surface area contributed by atoms with Crippen molar-refractivity contribution in [1.82, 2.24) is 0 Å². The minimum atomic E-state index is -1.54. The van der Waals surface area contributed by atoms with Gasteiger partial charge >= 0.3 is 0 Å². The maximum atomic E-state index is 12.1. The molecule has 0 bridgehead atoms. The number of hydrogen-bond acceptors (Lipinski definition) is 10. The molecule has 11 unspecified atom stereocenters. The minimum Gasteiger partial charge on any atom is -0.394 e. The summed E-state index contributed by atoms with van der Waals surface area (Å²) in [4.78, 5) is 12.1. The van der Waals surface area contributed by atoms with E-state index in [0.29, 0.717) is 12.8 Å². The Morgan fingerprint density at radius 3 is 2.47 bits per heavy atom. The van der Waals surface area contributed by atoms with Gasteiger partial charge in [-0.1, -0.05) is 32.1 Å². The molecule has 2 aliphatic heterocycles. The van der Waals surface area contributed by atoms with Gasteiger partial charge in [-0.15, -0.1) is 0 Å². The van der Waals surface area contributed by atoms with Crippen LogP contribution in [0.25, 0.3) is 0 Å². The monoisotopic (exact) mass is 512 g/mol. The number of rotatable bonds is 6. The first kappa shape index (κ1) is 27.8. The van der Waals surface area contributed by atoms with E-state index in [1.807, 2.05) is 6.92 Å². The molecule has 0 amide bonds. The molecule has 2 heterocycles. The van der Waals surface area contributed by atoms with Gasteiger partial charge in [0.2, 0.25) is 0 Å². The van der Waals surface area contributed by atoms with Gasteiger partial charge in [-0.2, -0.15) is 0 Å². The third-order valence-electron chi connectivity index (χ3n) is 9.29. The molecule has 0 radical (unpaired) electrons. The fraction of sp³-hybridized carbons (Fsp3) is 0.808. The summed E-state index contributed by atoms with van der Waals surface area (Å²) in [5.74, 6) is -0.195. The normalized spacial score (nSPS) is 48.9. The Hall–Kier alpha value is -1.21. The molecule has 2 aliphatic carbocycles. The predicted molar refractivity (Wildman–Crippen MR) is 126 cm³/mol. The molecule has 0 spiro atoms. The molecule has 2 saturated carbocycles. The highest BCUT2D eigenvalue weighted by molar-refractivity contribution is 5.98. The van der Waals surface area contributed by atoms with E-state index in [-0.39, 0.29) is 41.8 Å². The van der Waals surface area contributed by atoms with Crippen LogP contribution in [0.4, 0.5) is 0 Å². The molecule has 36 heavy (non-hydrogen) atoms. The largest absolute Gasteiger partial charge is 0.394 e. The number of aliphatic hydroxyl groups is 6. The number of carbonyl (C=O) groups excluding carboxylic acids is 1. The number of fused-ring (bicyclic) bond motifs is 1. The fourth-order valence-electron chi connectivity index (χ4n) is 7.01. The van der Waals surface area contributed by atoms with Crippen LogP contribution < -0.4 is 0 Å². The number of carbonyl (C=O) groups is 1. The number of aliphatic hydroxyl groups excluding tert-OH is 6. The average molecular weight is 513 g/mol. The van der Waals surface area contributed by atoms with Gasteiger partial charge < -0.3 is 44.8 Å². The van der Waals surface area contributed by atoms with Crippen LogP contribution in [0.15, 0.2) is 23.8 Å². The van der Waals surface area contributed by atoms with Crippen molar-refractivity contribution in [2.75, 3.05) is 19.8 Å². The van der Waals surface area contributed by atoms with E-state index in [2.05, 4.69) is 13.5 Å². The Morgan fingerprint density at radius 1 is 1.11 bits per heavy atom. The molecule has 6 N–H and O–H groups in total. The van der Waals surface area contributed by atoms with Gasteiger partial charge in [0.25, 0.3) is 0 Å². The molecule has 0 aromatic heterocycles. The molecular formula is C26H40O10. The van der Waals surface area contributed by atoms with E-state index in [1.165, 1.54) is 0 Å². The SMILES string of the molecule is C=C1CCC2C(C)(COC3OC(CO)C(O)C(O)C3O)C(O)CCC2(C)C1CC=C1C(=O)COC1O. The lowest BCUT2D eigenvalue weighted by atomic mass is 9.46. The van der Waals surface area contributed by atoms with Crippen LogP contribution >= 0.6 is 0 Å². The van der Waals surface area contributed by atoms with Gasteiger partial charge in [-0.3, -0.25) is 4.79 Å². The number of hydrogen-bond donors (Lipinski definition) is 6. The second-order valence-corrected chi connectivity index (χ2v) is 11.4. The second-order valence-electron chi connectivity index (χ2n) is 11.4. The van der Waals surface area contributed by atoms with E-state index < -0.39 is 55.1 Å². The molecule has 2 saturated heterocycles. The Bertz CT molecular complexity index is 873. The molecule has 204 valence electrons. The van der Waals surface area contributed by atoms with E-state index >= 15 is 0 Å². The zero-order valence-corrected chi connectivity index (χ0v) is 21.0. The lowest BCUT2D eigenvalue weighted by Gasteiger charge is -2.60. The smallest absolute Gasteiger partial charge is 0.189 e. The van der Waals surface area contributed by atoms with Gasteiger partial charge in [0.15, 0.2) is 18.4 Å². The van der Waals surface area contributed by atoms with Crippen molar-refractivity contribution in [3.05, 3.63) is 23.8 Å². The minimum absolute atomic E-state index is 0.00740. The summed E-state index contributed by atoms with van der Waals surface area (Å²) in [5, 5.41) is 61.2. The van der Waals surface area contributed by atoms with E-state index in [4.69, 9.17) is 14.2 Å². The molecule has 0 aromatic carbocycles. The topological polar surface area (TPSA) is 166 Å². The summed E-state index contributed by atoms with van der Waals surface area (Å²) >= 11 is 0. The maximum absolute atomic E-state index is 12.1. The third-order valence-corrected chi connectivity index (χ3v) is 9.29. The quantitative estimate of drug-likeness (QED) is 0.207. The van der Waals surface area contributed by atoms with Crippen LogP contribution in [0.1, 0.15) is 46.0 Å². The number of ketones is 1. The lowest BCUT2D eigenvalue weighted by molar-refractivity contribution is -0.313. The van der Waals surface area contributed by atoms with Crippen LogP contribution in [0.3, 0.4) is 0 Å². The van der Waals surface area contributed by atoms with Crippen molar-refractivity contribution in [2.45, 2.75) is 89.1 Å². The van der Waals surface area contributed by atoms with Gasteiger partial charge in [-0.25, -0.2) is 0 Å². The first-order valence-corrected chi connectivity index (χ1v) is 12.7. The average Bonchev–Trinajstić information content (AvgIpc) is 3.16. The van der Waals surface area contributed by atoms with Crippen LogP contribution in [0.2, 0.25) is 0 Å². The van der Waals surface area contributed by atoms with Crippen molar-refractivity contribution in [1.29, 1.82) is 0 Å². The van der Waals surface area contributed by atoms with Crippen LogP contribution in [-0.4, -0.2) is 99.3 Å². The standard InChI is InChI=1S/C26H40O10/c1-13-4-7-18-25(2,15(13)6-5-14-16(28)11-34-23(14)33)9-8-19(29)26(18,3)12-35-24-22(32)21(31)20(30)17(10-27)36-24/h5,15,17-24,27,29-33H,1,4,6-12H2,2-3H3. The van der Waals surface area contributed by atoms with Gasteiger partial charge in [0.1, 0.15) is 31.0 Å². The molecular weight excluding hydrogens is 472 g/mol. The Kier molecular flexibility index (Phi) is 8.12. The molecule has 10 nitrogen and oxygen atoms in total. The van der Waals surface area contributed by atoms with E-state index in [0.717, 1.165) is 24.8 Å². The first-order valence-electron chi connectivity index (χ1n) is 12.7. The number of ether oxygens (including phenoxy) is 3. The van der Waals surface area contributed by atoms with Crippen molar-refractivity contribution in [2.24, 2.45) is 22.7 Å². The highest BCUT2D eigenvalue weighted by atomic mass is 16.7. The summed E-state index contributed by atoms with van der Waals surface area (Å²) in [5.41, 5.74) is 0.356. The van der Waals surface area contributed by atoms with Gasteiger partial charge in [-0.05, 0) is 49.4 Å². The van der Waals surface area contributed by atoms with Crippen molar-refractivity contribution in [3.63, 3.8) is 0 Å². The first-order chi connectivity index (χ1) is 16.9. The summed E-state index contributed by atoms with van der Waals surface area (Å²) in [6, 6.07) is 0. The third kappa shape index (κ3) is 4.72. The number of Topliss-reactive ketones (excluding diaryl/α,β-unsaturated/α-hetero) is 1. The Morgan fingerprint density at radius 2 is 1.83 bits per heavy atom. The highest BCUT2D eigenvalue weighted by Crippen LogP contribution is 2.62. The van der Waals surface area contributed by atoms with Gasteiger partial charge in [0, 0.05) is 11.0 Å². The molecule has 0 aromatic rings. The fourth-order valence-corrected chi connectivity index (χ4v) is 7.01. The second kappa shape index (κ2) is 10.5. The molecule has 11 atom stereocenters.